The van der Waals surface area contributed by atoms with E-state index in [-0.39, 0.29) is 11.3 Å². The number of carbonyl (C=O) groups excluding carboxylic acids is 2. The van der Waals surface area contributed by atoms with Crippen LogP contribution in [0.25, 0.3) is 11.0 Å². The van der Waals surface area contributed by atoms with Crippen LogP contribution in [0.15, 0.2) is 70.3 Å². The van der Waals surface area contributed by atoms with E-state index in [2.05, 4.69) is 0 Å². The maximum Gasteiger partial charge on any atom is 0.290 e. The zero-order chi connectivity index (χ0) is 24.4. The predicted molar refractivity (Wildman–Crippen MR) is 129 cm³/mol. The third kappa shape index (κ3) is 4.54. The SMILES string of the molecule is COc1cccc(C2C(C(=O)c3cc4ccccc4o3)=C(O)C(=O)N2CCC[NH+]2CCOCC2)c1. The Morgan fingerprint density at radius 1 is 1.14 bits per heavy atom. The van der Waals surface area contributed by atoms with Crippen molar-refractivity contribution in [1.29, 1.82) is 0 Å². The molecule has 8 nitrogen and oxygen atoms in total. The monoisotopic (exact) mass is 477 g/mol. The highest BCUT2D eigenvalue weighted by Crippen LogP contribution is 2.40. The lowest BCUT2D eigenvalue weighted by atomic mass is 9.94. The number of benzene rings is 2. The molecule has 1 aromatic heterocycles. The second-order valence-electron chi connectivity index (χ2n) is 8.88. The highest BCUT2D eigenvalue weighted by atomic mass is 16.5. The van der Waals surface area contributed by atoms with Gasteiger partial charge in [-0.2, -0.15) is 0 Å². The molecule has 1 fully saturated rings. The van der Waals surface area contributed by atoms with Gasteiger partial charge in [0.2, 0.25) is 5.78 Å². The fourth-order valence-corrected chi connectivity index (χ4v) is 4.91. The number of morpholine rings is 1. The molecule has 2 N–H and O–H groups in total. The predicted octanol–water partition coefficient (Wildman–Crippen LogP) is 2.32. The van der Waals surface area contributed by atoms with E-state index in [4.69, 9.17) is 13.9 Å². The van der Waals surface area contributed by atoms with Gasteiger partial charge in [0.15, 0.2) is 11.5 Å². The van der Waals surface area contributed by atoms with Crippen molar-refractivity contribution < 1.29 is 33.5 Å². The maximum absolute atomic E-state index is 13.6. The molecule has 8 heteroatoms. The molecule has 0 bridgehead atoms. The molecule has 2 aliphatic heterocycles. The third-order valence-electron chi connectivity index (χ3n) is 6.74. The highest BCUT2D eigenvalue weighted by Gasteiger charge is 2.44. The molecule has 0 saturated carbocycles. The number of aliphatic hydroxyl groups is 1. The summed E-state index contributed by atoms with van der Waals surface area (Å²) in [6.45, 7) is 4.64. The fraction of sp³-hybridized carbons (Fsp3) is 0.333. The number of nitrogens with zero attached hydrogens (tertiary/aromatic N) is 1. The molecule has 1 unspecified atom stereocenters. The molecule has 1 atom stereocenters. The van der Waals surface area contributed by atoms with Gasteiger partial charge in [-0.3, -0.25) is 9.59 Å². The van der Waals surface area contributed by atoms with Crippen LogP contribution in [-0.2, 0) is 9.53 Å². The number of furan rings is 1. The smallest absolute Gasteiger partial charge is 0.290 e. The average molecular weight is 478 g/mol. The molecule has 1 saturated heterocycles. The van der Waals surface area contributed by atoms with E-state index in [1.165, 1.54) is 4.90 Å². The number of ether oxygens (including phenoxy) is 2. The van der Waals surface area contributed by atoms with Gasteiger partial charge in [0.25, 0.3) is 5.91 Å². The summed E-state index contributed by atoms with van der Waals surface area (Å²) in [5.41, 5.74) is 1.30. The van der Waals surface area contributed by atoms with Gasteiger partial charge < -0.3 is 28.8 Å². The van der Waals surface area contributed by atoms with E-state index < -0.39 is 23.5 Å². The first-order valence-corrected chi connectivity index (χ1v) is 11.9. The van der Waals surface area contributed by atoms with Crippen LogP contribution in [0.5, 0.6) is 5.75 Å². The van der Waals surface area contributed by atoms with Crippen LogP contribution >= 0.6 is 0 Å². The number of aliphatic hydroxyl groups excluding tert-OH is 1. The Hall–Kier alpha value is -3.62. The van der Waals surface area contributed by atoms with Crippen LogP contribution in [-0.4, -0.2) is 68.2 Å². The molecule has 1 amide bonds. The Morgan fingerprint density at radius 3 is 2.71 bits per heavy atom. The number of fused-ring (bicyclic) bond motifs is 1. The van der Waals surface area contributed by atoms with E-state index in [0.29, 0.717) is 23.4 Å². The lowest BCUT2D eigenvalue weighted by Crippen LogP contribution is -3.14. The highest BCUT2D eigenvalue weighted by molar-refractivity contribution is 6.16. The van der Waals surface area contributed by atoms with Gasteiger partial charge in [-0.25, -0.2) is 0 Å². The Morgan fingerprint density at radius 2 is 1.94 bits per heavy atom. The van der Waals surface area contributed by atoms with Gasteiger partial charge in [-0.05, 0) is 29.8 Å². The number of quaternary nitrogens is 1. The Balaban J connectivity index is 1.47. The number of amides is 1. The van der Waals surface area contributed by atoms with Crippen LogP contribution in [0.4, 0.5) is 0 Å². The summed E-state index contributed by atoms with van der Waals surface area (Å²) in [5, 5.41) is 11.7. The van der Waals surface area contributed by atoms with Crippen LogP contribution in [0.3, 0.4) is 0 Å². The number of ketones is 1. The zero-order valence-corrected chi connectivity index (χ0v) is 19.7. The van der Waals surface area contributed by atoms with E-state index in [1.807, 2.05) is 30.3 Å². The van der Waals surface area contributed by atoms with Gasteiger partial charge in [0.1, 0.15) is 24.4 Å². The van der Waals surface area contributed by atoms with E-state index in [1.54, 1.807) is 36.3 Å². The number of rotatable bonds is 8. The zero-order valence-electron chi connectivity index (χ0n) is 19.7. The molecule has 3 aromatic rings. The number of hydrogen-bond donors (Lipinski definition) is 2. The number of methoxy groups -OCH3 is 1. The first kappa shape index (κ1) is 23.1. The second kappa shape index (κ2) is 9.93. The van der Waals surface area contributed by atoms with Crippen LogP contribution < -0.4 is 9.64 Å². The van der Waals surface area contributed by atoms with E-state index >= 15 is 0 Å². The molecular formula is C27H29N2O6+. The summed E-state index contributed by atoms with van der Waals surface area (Å²) >= 11 is 0. The molecule has 35 heavy (non-hydrogen) atoms. The van der Waals surface area contributed by atoms with Gasteiger partial charge >= 0.3 is 0 Å². The molecule has 0 aliphatic carbocycles. The number of Topliss-reactive ketones (excluding diaryl/α,β-unsaturated/α-hetero) is 1. The van der Waals surface area contributed by atoms with Crippen molar-refractivity contribution in [3.05, 3.63) is 77.3 Å². The minimum absolute atomic E-state index is 0.0287. The number of para-hydroxylation sites is 1. The number of hydrogen-bond acceptors (Lipinski definition) is 6. The van der Waals surface area contributed by atoms with Crippen LogP contribution in [0, 0.1) is 0 Å². The van der Waals surface area contributed by atoms with Crippen molar-refractivity contribution in [3.63, 3.8) is 0 Å². The summed E-state index contributed by atoms with van der Waals surface area (Å²) < 4.78 is 16.6. The Labute approximate surface area is 203 Å². The number of carbonyl (C=O) groups is 2. The van der Waals surface area contributed by atoms with Crippen molar-refractivity contribution >= 4 is 22.7 Å². The van der Waals surface area contributed by atoms with Gasteiger partial charge in [-0.1, -0.05) is 30.3 Å². The second-order valence-corrected chi connectivity index (χ2v) is 8.88. The topological polar surface area (TPSA) is 93.7 Å². The Bertz CT molecular complexity index is 1240. The summed E-state index contributed by atoms with van der Waals surface area (Å²) in [6, 6.07) is 15.5. The van der Waals surface area contributed by atoms with Crippen molar-refractivity contribution in [1.82, 2.24) is 4.90 Å². The molecule has 2 aliphatic rings. The van der Waals surface area contributed by atoms with Gasteiger partial charge in [-0.15, -0.1) is 0 Å². The van der Waals surface area contributed by atoms with Crippen molar-refractivity contribution in [3.8, 4) is 5.75 Å². The van der Waals surface area contributed by atoms with Crippen LogP contribution in [0.2, 0.25) is 0 Å². The van der Waals surface area contributed by atoms with Crippen molar-refractivity contribution in [2.45, 2.75) is 12.5 Å². The van der Waals surface area contributed by atoms with E-state index in [9.17, 15) is 14.7 Å². The van der Waals surface area contributed by atoms with Crippen molar-refractivity contribution in [2.75, 3.05) is 46.5 Å². The fourth-order valence-electron chi connectivity index (χ4n) is 4.91. The molecule has 0 spiro atoms. The minimum Gasteiger partial charge on any atom is -0.503 e. The van der Waals surface area contributed by atoms with Crippen LogP contribution in [0.1, 0.15) is 28.6 Å². The van der Waals surface area contributed by atoms with Gasteiger partial charge in [0.05, 0.1) is 38.5 Å². The largest absolute Gasteiger partial charge is 0.503 e. The molecule has 5 rings (SSSR count). The standard InChI is InChI=1S/C27H28N2O6/c1-33-20-8-4-7-19(16-20)24-23(25(30)22-17-18-6-2-3-9-21(18)35-22)26(31)27(32)29(24)11-5-10-28-12-14-34-15-13-28/h2-4,6-9,16-17,24,31H,5,10-15H2,1H3/p+1. The third-order valence-corrected chi connectivity index (χ3v) is 6.74. The molecule has 2 aromatic carbocycles. The number of nitrogens with one attached hydrogen (secondary N) is 1. The first-order valence-electron chi connectivity index (χ1n) is 11.9. The molecule has 182 valence electrons. The summed E-state index contributed by atoms with van der Waals surface area (Å²) in [6.07, 6.45) is 0.737. The first-order chi connectivity index (χ1) is 17.1. The average Bonchev–Trinajstić information content (AvgIpc) is 3.44. The van der Waals surface area contributed by atoms with E-state index in [0.717, 1.165) is 44.7 Å². The Kier molecular flexibility index (Phi) is 6.57. The lowest BCUT2D eigenvalue weighted by Gasteiger charge is -2.28. The molecular weight excluding hydrogens is 448 g/mol. The quantitative estimate of drug-likeness (QED) is 0.484. The lowest BCUT2D eigenvalue weighted by molar-refractivity contribution is -0.908. The normalized spacial score (nSPS) is 19.1. The molecule has 0 radical (unpaired) electrons. The van der Waals surface area contributed by atoms with Crippen molar-refractivity contribution in [2.24, 2.45) is 0 Å². The summed E-state index contributed by atoms with van der Waals surface area (Å²) in [5.74, 6) is -0.875. The van der Waals surface area contributed by atoms with Gasteiger partial charge in [0, 0.05) is 18.4 Å². The summed E-state index contributed by atoms with van der Waals surface area (Å²) in [4.78, 5) is 29.9. The summed E-state index contributed by atoms with van der Waals surface area (Å²) in [7, 11) is 1.57. The molecule has 3 heterocycles. The minimum atomic E-state index is -0.738. The maximum atomic E-state index is 13.6.